The molecule has 1 aromatic heterocycles. The van der Waals surface area contributed by atoms with Crippen LogP contribution in [0.5, 0.6) is 0 Å². The molecule has 0 atom stereocenters. The van der Waals surface area contributed by atoms with Gasteiger partial charge in [0.25, 0.3) is 10.9 Å². The predicted octanol–water partition coefficient (Wildman–Crippen LogP) is 4.02. The van der Waals surface area contributed by atoms with Crippen LogP contribution in [0.4, 0.5) is 5.69 Å². The van der Waals surface area contributed by atoms with Crippen LogP contribution in [0.2, 0.25) is 0 Å². The number of rotatable bonds is 5. The first-order valence-electron chi connectivity index (χ1n) is 7.39. The van der Waals surface area contributed by atoms with Gasteiger partial charge in [-0.05, 0) is 17.2 Å². The number of nitro groups is 1. The molecule has 3 aromatic rings. The van der Waals surface area contributed by atoms with Gasteiger partial charge >= 0.3 is 0 Å². The van der Waals surface area contributed by atoms with E-state index in [1.54, 1.807) is 12.1 Å². The molecule has 25 heavy (non-hydrogen) atoms. The lowest BCUT2D eigenvalue weighted by molar-refractivity contribution is -0.384. The van der Waals surface area contributed by atoms with E-state index in [1.165, 1.54) is 18.3 Å². The summed E-state index contributed by atoms with van der Waals surface area (Å²) in [5.41, 5.74) is 2.05. The highest BCUT2D eigenvalue weighted by Gasteiger charge is 2.15. The molecule has 0 unspecified atom stereocenters. The smallest absolute Gasteiger partial charge is 0.269 e. The number of carbonyl (C=O) groups is 1. The summed E-state index contributed by atoms with van der Waals surface area (Å²) in [5.74, 6) is 0.461. The van der Waals surface area contributed by atoms with E-state index in [0.717, 1.165) is 5.56 Å². The van der Waals surface area contributed by atoms with E-state index >= 15 is 0 Å². The van der Waals surface area contributed by atoms with Gasteiger partial charge in [-0.2, -0.15) is 0 Å². The van der Waals surface area contributed by atoms with Gasteiger partial charge in [0.1, 0.15) is 0 Å². The number of nitrogens with zero attached hydrogens (tertiary/aromatic N) is 3. The Labute approximate surface area is 148 Å². The van der Waals surface area contributed by atoms with Crippen LogP contribution in [0.3, 0.4) is 0 Å². The third-order valence-corrected chi connectivity index (χ3v) is 3.81. The van der Waals surface area contributed by atoms with Gasteiger partial charge in [-0.15, -0.1) is 0 Å². The van der Waals surface area contributed by atoms with Crippen molar-refractivity contribution in [3.05, 3.63) is 87.7 Å². The zero-order chi connectivity index (χ0) is 17.8. The molecule has 0 bridgehead atoms. The molecule has 0 saturated carbocycles. The van der Waals surface area contributed by atoms with E-state index in [2.05, 4.69) is 9.97 Å². The van der Waals surface area contributed by atoms with Crippen LogP contribution >= 0.6 is 11.6 Å². The van der Waals surface area contributed by atoms with Gasteiger partial charge in [0.15, 0.2) is 5.82 Å². The van der Waals surface area contributed by atoms with E-state index in [1.807, 2.05) is 30.3 Å². The predicted molar refractivity (Wildman–Crippen MR) is 93.6 cm³/mol. The Morgan fingerprint density at radius 1 is 1.12 bits per heavy atom. The van der Waals surface area contributed by atoms with Crippen molar-refractivity contribution in [3.63, 3.8) is 0 Å². The third-order valence-electron chi connectivity index (χ3n) is 3.60. The third kappa shape index (κ3) is 3.87. The standard InChI is InChI=1S/C18H12ClN3O3/c19-17(23)15-11-20-18(13-6-2-1-3-7-13)21-16(15)10-12-5-4-8-14(9-12)22(24)25/h1-9,11H,10H2. The first kappa shape index (κ1) is 16.7. The molecule has 2 aromatic carbocycles. The number of hydrogen-bond donors (Lipinski definition) is 0. The van der Waals surface area contributed by atoms with Crippen molar-refractivity contribution in [1.29, 1.82) is 0 Å². The number of aromatic nitrogens is 2. The summed E-state index contributed by atoms with van der Waals surface area (Å²) in [6.07, 6.45) is 1.62. The Hall–Kier alpha value is -3.12. The maximum Gasteiger partial charge on any atom is 0.269 e. The second-order valence-corrected chi connectivity index (χ2v) is 5.64. The first-order valence-corrected chi connectivity index (χ1v) is 7.77. The molecule has 6 nitrogen and oxygen atoms in total. The highest BCUT2D eigenvalue weighted by molar-refractivity contribution is 6.67. The quantitative estimate of drug-likeness (QED) is 0.393. The Kier molecular flexibility index (Phi) is 4.81. The highest BCUT2D eigenvalue weighted by Crippen LogP contribution is 2.21. The van der Waals surface area contributed by atoms with E-state index < -0.39 is 10.2 Å². The molecule has 7 heteroatoms. The van der Waals surface area contributed by atoms with Crippen LogP contribution in [0.1, 0.15) is 21.6 Å². The summed E-state index contributed by atoms with van der Waals surface area (Å²) >= 11 is 5.63. The Bertz CT molecular complexity index is 945. The molecule has 0 spiro atoms. The zero-order valence-electron chi connectivity index (χ0n) is 12.9. The molecule has 0 aliphatic carbocycles. The van der Waals surface area contributed by atoms with Crippen LogP contribution in [0.15, 0.2) is 60.8 Å². The van der Waals surface area contributed by atoms with Crippen molar-refractivity contribution >= 4 is 22.5 Å². The van der Waals surface area contributed by atoms with Crippen molar-refractivity contribution in [1.82, 2.24) is 9.97 Å². The van der Waals surface area contributed by atoms with Crippen molar-refractivity contribution in [2.24, 2.45) is 0 Å². The van der Waals surface area contributed by atoms with Crippen molar-refractivity contribution in [2.75, 3.05) is 0 Å². The summed E-state index contributed by atoms with van der Waals surface area (Å²) in [5, 5.41) is 10.3. The maximum absolute atomic E-state index is 11.7. The normalized spacial score (nSPS) is 10.4. The van der Waals surface area contributed by atoms with Crippen LogP contribution in [-0.4, -0.2) is 20.1 Å². The lowest BCUT2D eigenvalue weighted by Gasteiger charge is -2.08. The Morgan fingerprint density at radius 3 is 2.56 bits per heavy atom. The number of nitro benzene ring substituents is 1. The Balaban J connectivity index is 2.02. The van der Waals surface area contributed by atoms with Crippen molar-refractivity contribution in [2.45, 2.75) is 6.42 Å². The second kappa shape index (κ2) is 7.19. The second-order valence-electron chi connectivity index (χ2n) is 5.30. The average Bonchev–Trinajstić information content (AvgIpc) is 2.62. The SMILES string of the molecule is O=C(Cl)c1cnc(-c2ccccc2)nc1Cc1cccc([N+](=O)[O-])c1. The van der Waals surface area contributed by atoms with Gasteiger partial charge in [-0.25, -0.2) is 9.97 Å². The molecular formula is C18H12ClN3O3. The maximum atomic E-state index is 11.7. The van der Waals surface area contributed by atoms with E-state index in [9.17, 15) is 14.9 Å². The first-order chi connectivity index (χ1) is 12.0. The highest BCUT2D eigenvalue weighted by atomic mass is 35.5. The molecule has 0 fully saturated rings. The van der Waals surface area contributed by atoms with E-state index in [4.69, 9.17) is 11.6 Å². The minimum Gasteiger partial charge on any atom is -0.275 e. The van der Waals surface area contributed by atoms with Gasteiger partial charge in [0, 0.05) is 30.3 Å². The molecule has 124 valence electrons. The number of carbonyl (C=O) groups excluding carboxylic acids is 1. The number of halogens is 1. The summed E-state index contributed by atoms with van der Waals surface area (Å²) in [6.45, 7) is 0. The van der Waals surface area contributed by atoms with Crippen molar-refractivity contribution < 1.29 is 9.72 Å². The molecule has 0 radical (unpaired) electrons. The Morgan fingerprint density at radius 2 is 1.88 bits per heavy atom. The summed E-state index contributed by atoms with van der Waals surface area (Å²) in [4.78, 5) is 30.8. The average molecular weight is 354 g/mol. The monoisotopic (exact) mass is 353 g/mol. The lowest BCUT2D eigenvalue weighted by Crippen LogP contribution is -2.05. The van der Waals surface area contributed by atoms with Crippen LogP contribution in [0.25, 0.3) is 11.4 Å². The minimum absolute atomic E-state index is 0.0198. The zero-order valence-corrected chi connectivity index (χ0v) is 13.7. The molecular weight excluding hydrogens is 342 g/mol. The van der Waals surface area contributed by atoms with Gasteiger partial charge in [-0.1, -0.05) is 42.5 Å². The molecule has 0 aliphatic heterocycles. The molecule has 1 heterocycles. The molecule has 0 N–H and O–H groups in total. The summed E-state index contributed by atoms with van der Waals surface area (Å²) < 4.78 is 0. The van der Waals surface area contributed by atoms with Crippen molar-refractivity contribution in [3.8, 4) is 11.4 Å². The van der Waals surface area contributed by atoms with E-state index in [-0.39, 0.29) is 17.7 Å². The minimum atomic E-state index is -0.667. The fourth-order valence-electron chi connectivity index (χ4n) is 2.42. The molecule has 0 amide bonds. The topological polar surface area (TPSA) is 86.0 Å². The summed E-state index contributed by atoms with van der Waals surface area (Å²) in [7, 11) is 0. The largest absolute Gasteiger partial charge is 0.275 e. The summed E-state index contributed by atoms with van der Waals surface area (Å²) in [6, 6.07) is 15.5. The van der Waals surface area contributed by atoms with E-state index in [0.29, 0.717) is 17.1 Å². The molecule has 0 saturated heterocycles. The molecule has 3 rings (SSSR count). The van der Waals surface area contributed by atoms with Crippen LogP contribution < -0.4 is 0 Å². The van der Waals surface area contributed by atoms with Gasteiger partial charge in [-0.3, -0.25) is 14.9 Å². The van der Waals surface area contributed by atoms with Crippen LogP contribution in [0, 0.1) is 10.1 Å². The van der Waals surface area contributed by atoms with Gasteiger partial charge in [0.05, 0.1) is 16.2 Å². The number of benzene rings is 2. The fraction of sp³-hybridized carbons (Fsp3) is 0.0556. The lowest BCUT2D eigenvalue weighted by atomic mass is 10.1. The van der Waals surface area contributed by atoms with Crippen LogP contribution in [-0.2, 0) is 6.42 Å². The van der Waals surface area contributed by atoms with Gasteiger partial charge < -0.3 is 0 Å². The van der Waals surface area contributed by atoms with Gasteiger partial charge in [0.2, 0.25) is 0 Å². The number of non-ortho nitro benzene ring substituents is 1. The fourth-order valence-corrected chi connectivity index (χ4v) is 2.57. The number of hydrogen-bond acceptors (Lipinski definition) is 5. The molecule has 0 aliphatic rings.